The van der Waals surface area contributed by atoms with Crippen molar-refractivity contribution in [2.45, 2.75) is 64.8 Å². The number of rotatable bonds is 6. The molecule has 38 heavy (non-hydrogen) atoms. The van der Waals surface area contributed by atoms with Gasteiger partial charge in [0.1, 0.15) is 17.0 Å². The van der Waals surface area contributed by atoms with Crippen LogP contribution in [0.2, 0.25) is 5.02 Å². The topological polar surface area (TPSA) is 112 Å². The van der Waals surface area contributed by atoms with Gasteiger partial charge in [-0.3, -0.25) is 9.51 Å². The summed E-state index contributed by atoms with van der Waals surface area (Å²) in [4.78, 5) is 29.1. The van der Waals surface area contributed by atoms with Crippen LogP contribution >= 0.6 is 11.6 Å². The van der Waals surface area contributed by atoms with E-state index in [-0.39, 0.29) is 17.6 Å². The van der Waals surface area contributed by atoms with Crippen LogP contribution in [0.5, 0.6) is 0 Å². The van der Waals surface area contributed by atoms with Gasteiger partial charge in [-0.15, -0.1) is 0 Å². The Morgan fingerprint density at radius 2 is 1.89 bits per heavy atom. The second kappa shape index (κ2) is 10.6. The van der Waals surface area contributed by atoms with Crippen LogP contribution in [0.1, 0.15) is 64.1 Å². The molecule has 1 unspecified atom stereocenters. The zero-order valence-corrected chi connectivity index (χ0v) is 22.6. The first kappa shape index (κ1) is 25.2. The molecule has 2 aliphatic rings. The lowest BCUT2D eigenvalue weighted by molar-refractivity contribution is 0.0583. The summed E-state index contributed by atoms with van der Waals surface area (Å²) in [5.74, 6) is 2.90. The van der Waals surface area contributed by atoms with Gasteiger partial charge in [0.2, 0.25) is 11.6 Å². The highest BCUT2D eigenvalue weighted by atomic mass is 35.5. The highest BCUT2D eigenvalue weighted by molar-refractivity contribution is 6.30. The first-order chi connectivity index (χ1) is 18.5. The van der Waals surface area contributed by atoms with Gasteiger partial charge >= 0.3 is 5.76 Å². The third kappa shape index (κ3) is 5.01. The molecule has 2 fully saturated rings. The van der Waals surface area contributed by atoms with E-state index < -0.39 is 5.76 Å². The van der Waals surface area contributed by atoms with E-state index in [0.29, 0.717) is 22.5 Å². The van der Waals surface area contributed by atoms with Crippen LogP contribution in [0.25, 0.3) is 34.1 Å². The third-order valence-corrected chi connectivity index (χ3v) is 8.57. The van der Waals surface area contributed by atoms with Gasteiger partial charge in [-0.2, -0.15) is 0 Å². The van der Waals surface area contributed by atoms with Crippen LogP contribution in [-0.2, 0) is 11.3 Å². The van der Waals surface area contributed by atoms with Crippen molar-refractivity contribution in [1.29, 1.82) is 0 Å². The minimum Gasteiger partial charge on any atom is -0.381 e. The van der Waals surface area contributed by atoms with Gasteiger partial charge in [0.25, 0.3) is 0 Å². The standard InChI is InChI=1S/C28H33ClN6O3/c1-16-6-8-18(9-7-16)15-35-23-22(20-4-3-5-21(29)14-20)30-25(26-33-28(36)38-34-26)31-24(23)32-27(35)17(2)19-10-12-37-13-11-19/h3-5,14,16-19H,6-13,15H2,1-2H3,(H,33,34,36). The van der Waals surface area contributed by atoms with E-state index in [0.717, 1.165) is 61.1 Å². The van der Waals surface area contributed by atoms with E-state index in [1.54, 1.807) is 0 Å². The Labute approximate surface area is 226 Å². The van der Waals surface area contributed by atoms with Gasteiger partial charge in [0, 0.05) is 36.3 Å². The summed E-state index contributed by atoms with van der Waals surface area (Å²) in [5.41, 5.74) is 3.07. The fourth-order valence-electron chi connectivity index (χ4n) is 6.05. The molecule has 4 aromatic rings. The molecule has 4 heterocycles. The van der Waals surface area contributed by atoms with E-state index >= 15 is 0 Å². The van der Waals surface area contributed by atoms with Crippen LogP contribution in [0.4, 0.5) is 0 Å². The van der Waals surface area contributed by atoms with E-state index in [4.69, 9.17) is 35.8 Å². The Morgan fingerprint density at radius 1 is 1.11 bits per heavy atom. The fraction of sp³-hybridized carbons (Fsp3) is 0.536. The highest BCUT2D eigenvalue weighted by Gasteiger charge is 2.30. The largest absolute Gasteiger partial charge is 0.439 e. The number of hydrogen-bond donors (Lipinski definition) is 1. The van der Waals surface area contributed by atoms with Gasteiger partial charge in [-0.1, -0.05) is 55.6 Å². The van der Waals surface area contributed by atoms with E-state index in [2.05, 4.69) is 28.6 Å². The molecule has 1 atom stereocenters. The molecule has 3 aromatic heterocycles. The number of imidazole rings is 1. The normalized spacial score (nSPS) is 21.7. The van der Waals surface area contributed by atoms with Crippen molar-refractivity contribution in [1.82, 2.24) is 29.7 Å². The molecule has 9 nitrogen and oxygen atoms in total. The summed E-state index contributed by atoms with van der Waals surface area (Å²) in [7, 11) is 0. The molecule has 0 radical (unpaired) electrons. The lowest BCUT2D eigenvalue weighted by Gasteiger charge is -2.30. The number of halogens is 1. The summed E-state index contributed by atoms with van der Waals surface area (Å²) in [5, 5.41) is 4.46. The molecule has 1 aliphatic carbocycles. The van der Waals surface area contributed by atoms with Crippen molar-refractivity contribution in [3.8, 4) is 22.9 Å². The molecule has 0 amide bonds. The predicted molar refractivity (Wildman–Crippen MR) is 145 cm³/mol. The molecule has 1 saturated carbocycles. The lowest BCUT2D eigenvalue weighted by Crippen LogP contribution is -2.24. The van der Waals surface area contributed by atoms with Crippen LogP contribution in [0.15, 0.2) is 33.6 Å². The smallest absolute Gasteiger partial charge is 0.381 e. The Balaban J connectivity index is 1.55. The maximum Gasteiger partial charge on any atom is 0.439 e. The van der Waals surface area contributed by atoms with Crippen LogP contribution in [0.3, 0.4) is 0 Å². The minimum absolute atomic E-state index is 0.176. The molecular weight excluding hydrogens is 504 g/mol. The summed E-state index contributed by atoms with van der Waals surface area (Å²) >= 11 is 6.42. The summed E-state index contributed by atoms with van der Waals surface area (Å²) in [6.45, 7) is 7.07. The number of ether oxygens (including phenoxy) is 1. The van der Waals surface area contributed by atoms with E-state index in [1.165, 1.54) is 25.7 Å². The van der Waals surface area contributed by atoms with Gasteiger partial charge in [0.05, 0.1) is 0 Å². The molecule has 10 heteroatoms. The van der Waals surface area contributed by atoms with Crippen molar-refractivity contribution in [3.05, 3.63) is 45.7 Å². The second-order valence-corrected chi connectivity index (χ2v) is 11.4. The molecule has 1 saturated heterocycles. The SMILES string of the molecule is CC1CCC(Cn2c(C(C)C3CCOCC3)nc3nc(-c4noc(=O)[nH]4)nc(-c4cccc(Cl)c4)c32)CC1. The second-order valence-electron chi connectivity index (χ2n) is 11.0. The van der Waals surface area contributed by atoms with E-state index in [1.807, 2.05) is 24.3 Å². The zero-order chi connectivity index (χ0) is 26.2. The molecule has 0 spiro atoms. The molecule has 200 valence electrons. The number of fused-ring (bicyclic) bond motifs is 1. The number of nitrogens with one attached hydrogen (secondary N) is 1. The van der Waals surface area contributed by atoms with E-state index in [9.17, 15) is 4.79 Å². The Morgan fingerprint density at radius 3 is 2.61 bits per heavy atom. The van der Waals surface area contributed by atoms with Crippen molar-refractivity contribution < 1.29 is 9.26 Å². The average molecular weight is 537 g/mol. The number of hydrogen-bond acceptors (Lipinski definition) is 7. The first-order valence-corrected chi connectivity index (χ1v) is 14.0. The van der Waals surface area contributed by atoms with Gasteiger partial charge in [0.15, 0.2) is 5.65 Å². The Hall–Kier alpha value is -3.04. The number of aromatic nitrogens is 6. The fourth-order valence-corrected chi connectivity index (χ4v) is 6.24. The highest BCUT2D eigenvalue weighted by Crippen LogP contribution is 2.38. The monoisotopic (exact) mass is 536 g/mol. The molecule has 1 N–H and O–H groups in total. The summed E-state index contributed by atoms with van der Waals surface area (Å²) in [6.07, 6.45) is 6.95. The van der Waals surface area contributed by atoms with Gasteiger partial charge in [-0.05, 0) is 55.6 Å². The first-order valence-electron chi connectivity index (χ1n) is 13.6. The molecule has 1 aliphatic heterocycles. The van der Waals surface area contributed by atoms with Crippen molar-refractivity contribution in [3.63, 3.8) is 0 Å². The number of benzene rings is 1. The number of aromatic amines is 1. The molecule has 0 bridgehead atoms. The lowest BCUT2D eigenvalue weighted by atomic mass is 9.82. The molecule has 6 rings (SSSR count). The summed E-state index contributed by atoms with van der Waals surface area (Å²) < 4.78 is 12.8. The van der Waals surface area contributed by atoms with Crippen LogP contribution in [-0.4, -0.2) is 42.9 Å². The average Bonchev–Trinajstić information content (AvgIpc) is 3.53. The zero-order valence-electron chi connectivity index (χ0n) is 21.8. The van der Waals surface area contributed by atoms with Gasteiger partial charge < -0.3 is 9.30 Å². The number of H-pyrrole nitrogens is 1. The maximum atomic E-state index is 11.7. The molecular formula is C28H33ClN6O3. The maximum absolute atomic E-state index is 11.7. The van der Waals surface area contributed by atoms with Crippen molar-refractivity contribution in [2.24, 2.45) is 17.8 Å². The van der Waals surface area contributed by atoms with Crippen molar-refractivity contribution in [2.75, 3.05) is 13.2 Å². The Bertz CT molecular complexity index is 1480. The van der Waals surface area contributed by atoms with Crippen LogP contribution < -0.4 is 5.76 Å². The Kier molecular flexibility index (Phi) is 7.05. The quantitative estimate of drug-likeness (QED) is 0.329. The third-order valence-electron chi connectivity index (χ3n) is 8.34. The summed E-state index contributed by atoms with van der Waals surface area (Å²) in [6, 6.07) is 7.65. The minimum atomic E-state index is -0.654. The van der Waals surface area contributed by atoms with Crippen molar-refractivity contribution >= 4 is 22.8 Å². The molecule has 1 aromatic carbocycles. The predicted octanol–water partition coefficient (Wildman–Crippen LogP) is 5.85. The van der Waals surface area contributed by atoms with Gasteiger partial charge in [-0.25, -0.2) is 19.7 Å². The number of nitrogens with zero attached hydrogens (tertiary/aromatic N) is 5. The van der Waals surface area contributed by atoms with Crippen LogP contribution in [0, 0.1) is 17.8 Å².